The summed E-state index contributed by atoms with van der Waals surface area (Å²) in [5.74, 6) is -0.335. The summed E-state index contributed by atoms with van der Waals surface area (Å²) < 4.78 is 13.8. The molecule has 0 saturated carbocycles. The van der Waals surface area contributed by atoms with Gasteiger partial charge < -0.3 is 10.6 Å². The van der Waals surface area contributed by atoms with Crippen molar-refractivity contribution < 1.29 is 4.39 Å². The van der Waals surface area contributed by atoms with Gasteiger partial charge in [-0.2, -0.15) is 0 Å². The van der Waals surface area contributed by atoms with E-state index in [1.165, 1.54) is 11.6 Å². The largest absolute Gasteiger partial charge is 0.352 e. The van der Waals surface area contributed by atoms with E-state index in [9.17, 15) is 4.39 Å². The zero-order valence-corrected chi connectivity index (χ0v) is 14.7. The van der Waals surface area contributed by atoms with Crippen molar-refractivity contribution in [2.45, 2.75) is 13.0 Å². The van der Waals surface area contributed by atoms with E-state index in [1.807, 2.05) is 30.3 Å². The number of para-hydroxylation sites is 1. The van der Waals surface area contributed by atoms with Gasteiger partial charge in [-0.1, -0.05) is 72.3 Å². The van der Waals surface area contributed by atoms with E-state index in [0.717, 1.165) is 11.1 Å². The van der Waals surface area contributed by atoms with Crippen molar-refractivity contribution in [3.05, 3.63) is 101 Å². The molecule has 0 aliphatic rings. The number of nitrogens with one attached hydrogen (secondary N) is 2. The lowest BCUT2D eigenvalue weighted by Crippen LogP contribution is -2.33. The van der Waals surface area contributed by atoms with E-state index < -0.39 is 0 Å². The Morgan fingerprint density at radius 2 is 1.44 bits per heavy atom. The molecule has 3 rings (SSSR count). The highest BCUT2D eigenvalue weighted by Gasteiger charge is 2.15. The zero-order chi connectivity index (χ0) is 17.6. The Hall–Kier alpha value is -2.72. The molecule has 0 aliphatic carbocycles. The second-order valence-electron chi connectivity index (χ2n) is 5.83. The minimum Gasteiger partial charge on any atom is -0.352 e. The van der Waals surface area contributed by atoms with Crippen LogP contribution in [0.25, 0.3) is 0 Å². The molecule has 2 nitrogen and oxygen atoms in total. The molecule has 0 radical (unpaired) electrons. The summed E-state index contributed by atoms with van der Waals surface area (Å²) in [4.78, 5) is 0. The molecule has 25 heavy (non-hydrogen) atoms. The van der Waals surface area contributed by atoms with Gasteiger partial charge in [0.1, 0.15) is 5.82 Å². The summed E-state index contributed by atoms with van der Waals surface area (Å²) in [6.45, 7) is 2.05. The summed E-state index contributed by atoms with van der Waals surface area (Å²) in [5, 5.41) is 6.61. The van der Waals surface area contributed by atoms with Gasteiger partial charge in [0, 0.05) is 0 Å². The van der Waals surface area contributed by atoms with E-state index >= 15 is 0 Å². The average molecular weight is 350 g/mol. The maximum absolute atomic E-state index is 13.8. The molecule has 0 aliphatic heterocycles. The molecule has 2 N–H and O–H groups in total. The van der Waals surface area contributed by atoms with Gasteiger partial charge in [0.15, 0.2) is 5.11 Å². The molecule has 0 amide bonds. The van der Waals surface area contributed by atoms with Crippen molar-refractivity contribution >= 4 is 23.0 Å². The monoisotopic (exact) mass is 350 g/mol. The molecule has 0 aromatic heterocycles. The Labute approximate surface area is 152 Å². The van der Waals surface area contributed by atoms with Crippen molar-refractivity contribution in [1.82, 2.24) is 5.32 Å². The summed E-state index contributed by atoms with van der Waals surface area (Å²) in [6.07, 6.45) is 0. The first kappa shape index (κ1) is 17.1. The van der Waals surface area contributed by atoms with E-state index in [0.29, 0.717) is 10.8 Å². The van der Waals surface area contributed by atoms with Gasteiger partial charge in [0.05, 0.1) is 11.7 Å². The third kappa shape index (κ3) is 4.43. The van der Waals surface area contributed by atoms with Gasteiger partial charge in [0.25, 0.3) is 0 Å². The number of hydrogen-bond acceptors (Lipinski definition) is 1. The Balaban J connectivity index is 1.84. The van der Waals surface area contributed by atoms with Gasteiger partial charge in [-0.25, -0.2) is 4.39 Å². The Bertz CT molecular complexity index is 847. The molecule has 0 heterocycles. The maximum Gasteiger partial charge on any atom is 0.171 e. The maximum atomic E-state index is 13.8. The van der Waals surface area contributed by atoms with Crippen LogP contribution in [0, 0.1) is 12.7 Å². The quantitative estimate of drug-likeness (QED) is 0.632. The van der Waals surface area contributed by atoms with Crippen LogP contribution in [0.2, 0.25) is 0 Å². The smallest absolute Gasteiger partial charge is 0.171 e. The first-order valence-corrected chi connectivity index (χ1v) is 8.48. The highest BCUT2D eigenvalue weighted by molar-refractivity contribution is 7.80. The number of aryl methyl sites for hydroxylation is 1. The van der Waals surface area contributed by atoms with E-state index in [-0.39, 0.29) is 11.9 Å². The van der Waals surface area contributed by atoms with Crippen molar-refractivity contribution in [3.8, 4) is 0 Å². The minimum absolute atomic E-state index is 0.117. The van der Waals surface area contributed by atoms with Gasteiger partial charge in [-0.05, 0) is 42.4 Å². The van der Waals surface area contributed by atoms with Crippen molar-refractivity contribution in [3.63, 3.8) is 0 Å². The van der Waals surface area contributed by atoms with Gasteiger partial charge in [0.2, 0.25) is 0 Å². The second-order valence-corrected chi connectivity index (χ2v) is 6.24. The molecule has 0 unspecified atom stereocenters. The fraction of sp³-hybridized carbons (Fsp3) is 0.0952. The van der Waals surface area contributed by atoms with Crippen molar-refractivity contribution in [2.24, 2.45) is 0 Å². The van der Waals surface area contributed by atoms with Crippen LogP contribution in [0.1, 0.15) is 22.7 Å². The summed E-state index contributed by atoms with van der Waals surface area (Å²) in [5.41, 5.74) is 3.73. The van der Waals surface area contributed by atoms with Crippen molar-refractivity contribution in [1.29, 1.82) is 0 Å². The summed E-state index contributed by atoms with van der Waals surface area (Å²) in [6, 6.07) is 24.7. The third-order valence-corrected chi connectivity index (χ3v) is 4.16. The van der Waals surface area contributed by atoms with Crippen LogP contribution in [0.3, 0.4) is 0 Å². The van der Waals surface area contributed by atoms with Gasteiger partial charge in [-0.15, -0.1) is 0 Å². The third-order valence-electron chi connectivity index (χ3n) is 3.94. The molecule has 0 fully saturated rings. The first-order valence-electron chi connectivity index (χ1n) is 8.07. The number of rotatable bonds is 4. The predicted octanol–water partition coefficient (Wildman–Crippen LogP) is 5.21. The second kappa shape index (κ2) is 7.90. The van der Waals surface area contributed by atoms with Crippen LogP contribution < -0.4 is 10.6 Å². The summed E-state index contributed by atoms with van der Waals surface area (Å²) in [7, 11) is 0. The number of anilines is 1. The van der Waals surface area contributed by atoms with Crippen LogP contribution in [-0.2, 0) is 0 Å². The Morgan fingerprint density at radius 1 is 0.840 bits per heavy atom. The topological polar surface area (TPSA) is 24.1 Å². The molecule has 1 atom stereocenters. The number of benzene rings is 3. The SMILES string of the molecule is Cc1ccc([C@H](NC(=S)Nc2ccccc2F)c2ccccc2)cc1. The lowest BCUT2D eigenvalue weighted by Gasteiger charge is -2.22. The number of hydrogen-bond donors (Lipinski definition) is 2. The van der Waals surface area contributed by atoms with Crippen molar-refractivity contribution in [2.75, 3.05) is 5.32 Å². The van der Waals surface area contributed by atoms with Gasteiger partial charge >= 0.3 is 0 Å². The van der Waals surface area contributed by atoms with Crippen LogP contribution in [-0.4, -0.2) is 5.11 Å². The first-order chi connectivity index (χ1) is 12.1. The lowest BCUT2D eigenvalue weighted by molar-refractivity contribution is 0.632. The van der Waals surface area contributed by atoms with Crippen LogP contribution in [0.4, 0.5) is 10.1 Å². The molecular weight excluding hydrogens is 331 g/mol. The lowest BCUT2D eigenvalue weighted by atomic mass is 9.98. The van der Waals surface area contributed by atoms with Crippen LogP contribution in [0.5, 0.6) is 0 Å². The highest BCUT2D eigenvalue weighted by Crippen LogP contribution is 2.23. The Kier molecular flexibility index (Phi) is 5.41. The molecule has 3 aromatic carbocycles. The Morgan fingerprint density at radius 3 is 2.12 bits per heavy atom. The summed E-state index contributed by atoms with van der Waals surface area (Å²) >= 11 is 5.41. The molecule has 126 valence electrons. The molecule has 4 heteroatoms. The normalized spacial score (nSPS) is 11.6. The van der Waals surface area contributed by atoms with Crippen LogP contribution >= 0.6 is 12.2 Å². The molecular formula is C21H19FN2S. The van der Waals surface area contributed by atoms with E-state index in [2.05, 4.69) is 41.8 Å². The predicted molar refractivity (Wildman–Crippen MR) is 105 cm³/mol. The fourth-order valence-electron chi connectivity index (χ4n) is 2.62. The standard InChI is InChI=1S/C21H19FN2S/c1-15-11-13-17(14-12-15)20(16-7-3-2-4-8-16)24-21(25)23-19-10-6-5-9-18(19)22/h2-14,20H,1H3,(H2,23,24,25)/t20-/m1/s1. The zero-order valence-electron chi connectivity index (χ0n) is 13.9. The van der Waals surface area contributed by atoms with Crippen LogP contribution in [0.15, 0.2) is 78.9 Å². The van der Waals surface area contributed by atoms with E-state index in [1.54, 1.807) is 18.2 Å². The number of thiocarbonyl (C=S) groups is 1. The molecule has 0 bridgehead atoms. The highest BCUT2D eigenvalue weighted by atomic mass is 32.1. The van der Waals surface area contributed by atoms with E-state index in [4.69, 9.17) is 12.2 Å². The fourth-order valence-corrected chi connectivity index (χ4v) is 2.84. The minimum atomic E-state index is -0.335. The molecule has 3 aromatic rings. The molecule has 0 spiro atoms. The molecule has 0 saturated heterocycles. The average Bonchev–Trinajstić information content (AvgIpc) is 2.63. The number of halogens is 1. The van der Waals surface area contributed by atoms with Gasteiger partial charge in [-0.3, -0.25) is 0 Å².